The van der Waals surface area contributed by atoms with Crippen molar-refractivity contribution >= 4 is 5.91 Å². The summed E-state index contributed by atoms with van der Waals surface area (Å²) in [6.07, 6.45) is 1.28. The van der Waals surface area contributed by atoms with E-state index in [-0.39, 0.29) is 5.91 Å². The van der Waals surface area contributed by atoms with E-state index < -0.39 is 0 Å². The highest BCUT2D eigenvalue weighted by molar-refractivity contribution is 5.73. The summed E-state index contributed by atoms with van der Waals surface area (Å²) >= 11 is 0. The van der Waals surface area contributed by atoms with Gasteiger partial charge < -0.3 is 11.1 Å². The van der Waals surface area contributed by atoms with Crippen LogP contribution < -0.4 is 11.1 Å². The third-order valence-electron chi connectivity index (χ3n) is 3.17. The second kappa shape index (κ2) is 7.88. The van der Waals surface area contributed by atoms with Crippen molar-refractivity contribution in [1.82, 2.24) is 5.32 Å². The lowest BCUT2D eigenvalue weighted by molar-refractivity contribution is -0.118. The van der Waals surface area contributed by atoms with Crippen LogP contribution in [0.25, 0.3) is 0 Å². The summed E-state index contributed by atoms with van der Waals surface area (Å²) in [5, 5.41) is 3.41. The SMILES string of the molecule is CC(C)C(CNCCCC(N)=O)c1ccccc1. The zero-order valence-corrected chi connectivity index (χ0v) is 11.4. The number of rotatable bonds is 8. The van der Waals surface area contributed by atoms with Crippen molar-refractivity contribution in [1.29, 1.82) is 0 Å². The van der Waals surface area contributed by atoms with E-state index >= 15 is 0 Å². The van der Waals surface area contributed by atoms with Gasteiger partial charge in [-0.05, 0) is 30.4 Å². The smallest absolute Gasteiger partial charge is 0.217 e. The molecule has 0 heterocycles. The Morgan fingerprint density at radius 1 is 1.28 bits per heavy atom. The van der Waals surface area contributed by atoms with E-state index in [1.807, 2.05) is 6.07 Å². The van der Waals surface area contributed by atoms with Crippen molar-refractivity contribution in [2.24, 2.45) is 11.7 Å². The first kappa shape index (κ1) is 14.7. The molecular formula is C15H24N2O. The van der Waals surface area contributed by atoms with E-state index in [0.29, 0.717) is 18.3 Å². The van der Waals surface area contributed by atoms with E-state index in [9.17, 15) is 4.79 Å². The maximum Gasteiger partial charge on any atom is 0.217 e. The first-order valence-electron chi connectivity index (χ1n) is 6.65. The molecule has 0 aliphatic heterocycles. The Labute approximate surface area is 110 Å². The number of benzene rings is 1. The predicted molar refractivity (Wildman–Crippen MR) is 75.3 cm³/mol. The lowest BCUT2D eigenvalue weighted by atomic mass is 9.88. The Bertz CT molecular complexity index is 349. The van der Waals surface area contributed by atoms with Crippen LogP contribution in [0.4, 0.5) is 0 Å². The minimum absolute atomic E-state index is 0.222. The quantitative estimate of drug-likeness (QED) is 0.693. The summed E-state index contributed by atoms with van der Waals surface area (Å²) in [5.74, 6) is 0.885. The molecular weight excluding hydrogens is 224 g/mol. The van der Waals surface area contributed by atoms with Gasteiger partial charge in [-0.15, -0.1) is 0 Å². The first-order valence-corrected chi connectivity index (χ1v) is 6.65. The second-order valence-corrected chi connectivity index (χ2v) is 5.04. The first-order chi connectivity index (χ1) is 8.61. The highest BCUT2D eigenvalue weighted by atomic mass is 16.1. The molecule has 18 heavy (non-hydrogen) atoms. The number of amides is 1. The van der Waals surface area contributed by atoms with Gasteiger partial charge in [-0.2, -0.15) is 0 Å². The van der Waals surface area contributed by atoms with Gasteiger partial charge >= 0.3 is 0 Å². The zero-order valence-electron chi connectivity index (χ0n) is 11.4. The standard InChI is InChI=1S/C15H24N2O/c1-12(2)14(13-7-4-3-5-8-13)11-17-10-6-9-15(16)18/h3-5,7-8,12,14,17H,6,9-11H2,1-2H3,(H2,16,18). The molecule has 0 spiro atoms. The van der Waals surface area contributed by atoms with Crippen LogP contribution in [0.2, 0.25) is 0 Å². The molecule has 1 amide bonds. The van der Waals surface area contributed by atoms with Crippen molar-refractivity contribution in [3.63, 3.8) is 0 Å². The number of nitrogens with one attached hydrogen (secondary N) is 1. The fraction of sp³-hybridized carbons (Fsp3) is 0.533. The van der Waals surface area contributed by atoms with Gasteiger partial charge in [-0.25, -0.2) is 0 Å². The number of carbonyl (C=O) groups excluding carboxylic acids is 1. The number of nitrogens with two attached hydrogens (primary N) is 1. The summed E-state index contributed by atoms with van der Waals surface area (Å²) < 4.78 is 0. The Kier molecular flexibility index (Phi) is 6.44. The van der Waals surface area contributed by atoms with E-state index in [1.54, 1.807) is 0 Å². The summed E-state index contributed by atoms with van der Waals surface area (Å²) in [6.45, 7) is 6.27. The van der Waals surface area contributed by atoms with Crippen LogP contribution in [-0.4, -0.2) is 19.0 Å². The molecule has 1 aromatic rings. The molecule has 1 unspecified atom stereocenters. The Balaban J connectivity index is 2.38. The molecule has 1 atom stereocenters. The molecule has 0 saturated carbocycles. The number of hydrogen-bond acceptors (Lipinski definition) is 2. The largest absolute Gasteiger partial charge is 0.370 e. The highest BCUT2D eigenvalue weighted by Gasteiger charge is 2.14. The van der Waals surface area contributed by atoms with Gasteiger partial charge in [0.1, 0.15) is 0 Å². The van der Waals surface area contributed by atoms with Gasteiger partial charge in [-0.3, -0.25) is 4.79 Å². The molecule has 3 nitrogen and oxygen atoms in total. The molecule has 100 valence electrons. The van der Waals surface area contributed by atoms with Gasteiger partial charge in [0, 0.05) is 13.0 Å². The molecule has 3 N–H and O–H groups in total. The fourth-order valence-corrected chi connectivity index (χ4v) is 2.08. The van der Waals surface area contributed by atoms with Crippen molar-refractivity contribution in [3.8, 4) is 0 Å². The van der Waals surface area contributed by atoms with E-state index in [1.165, 1.54) is 5.56 Å². The van der Waals surface area contributed by atoms with Crippen LogP contribution in [0.3, 0.4) is 0 Å². The van der Waals surface area contributed by atoms with Crippen LogP contribution >= 0.6 is 0 Å². The molecule has 0 aliphatic carbocycles. The molecule has 0 aromatic heterocycles. The lowest BCUT2D eigenvalue weighted by Gasteiger charge is -2.22. The van der Waals surface area contributed by atoms with Crippen LogP contribution in [0, 0.1) is 5.92 Å². The van der Waals surface area contributed by atoms with E-state index in [2.05, 4.69) is 43.4 Å². The zero-order chi connectivity index (χ0) is 13.4. The van der Waals surface area contributed by atoms with Gasteiger partial charge in [0.05, 0.1) is 0 Å². The average molecular weight is 248 g/mol. The van der Waals surface area contributed by atoms with Crippen LogP contribution in [0.1, 0.15) is 38.2 Å². The maximum absolute atomic E-state index is 10.6. The molecule has 1 rings (SSSR count). The fourth-order valence-electron chi connectivity index (χ4n) is 2.08. The maximum atomic E-state index is 10.6. The molecule has 0 saturated heterocycles. The Morgan fingerprint density at radius 3 is 2.50 bits per heavy atom. The van der Waals surface area contributed by atoms with Gasteiger partial charge in [0.15, 0.2) is 0 Å². The van der Waals surface area contributed by atoms with Crippen LogP contribution in [0.15, 0.2) is 30.3 Å². The molecule has 1 aromatic carbocycles. The average Bonchev–Trinajstić information content (AvgIpc) is 2.34. The molecule has 3 heteroatoms. The van der Waals surface area contributed by atoms with Crippen LogP contribution in [0.5, 0.6) is 0 Å². The van der Waals surface area contributed by atoms with Crippen molar-refractivity contribution in [2.45, 2.75) is 32.6 Å². The van der Waals surface area contributed by atoms with Crippen LogP contribution in [-0.2, 0) is 4.79 Å². The minimum atomic E-state index is -0.222. The summed E-state index contributed by atoms with van der Waals surface area (Å²) in [7, 11) is 0. The summed E-state index contributed by atoms with van der Waals surface area (Å²) in [4.78, 5) is 10.6. The minimum Gasteiger partial charge on any atom is -0.370 e. The molecule has 0 aliphatic rings. The van der Waals surface area contributed by atoms with Crippen molar-refractivity contribution in [2.75, 3.05) is 13.1 Å². The Hall–Kier alpha value is -1.35. The predicted octanol–water partition coefficient (Wildman–Crippen LogP) is 2.28. The number of hydrogen-bond donors (Lipinski definition) is 2. The molecule has 0 radical (unpaired) electrons. The molecule has 0 bridgehead atoms. The topological polar surface area (TPSA) is 55.1 Å². The molecule has 0 fully saturated rings. The van der Waals surface area contributed by atoms with Gasteiger partial charge in [-0.1, -0.05) is 44.2 Å². The van der Waals surface area contributed by atoms with Gasteiger partial charge in [0.2, 0.25) is 5.91 Å². The summed E-state index contributed by atoms with van der Waals surface area (Å²) in [5.41, 5.74) is 6.48. The number of primary amides is 1. The second-order valence-electron chi connectivity index (χ2n) is 5.04. The van der Waals surface area contributed by atoms with Crippen molar-refractivity contribution < 1.29 is 4.79 Å². The normalized spacial score (nSPS) is 12.6. The highest BCUT2D eigenvalue weighted by Crippen LogP contribution is 2.23. The third-order valence-corrected chi connectivity index (χ3v) is 3.17. The van der Waals surface area contributed by atoms with E-state index in [0.717, 1.165) is 19.5 Å². The monoisotopic (exact) mass is 248 g/mol. The van der Waals surface area contributed by atoms with E-state index in [4.69, 9.17) is 5.73 Å². The van der Waals surface area contributed by atoms with Gasteiger partial charge in [0.25, 0.3) is 0 Å². The number of carbonyl (C=O) groups is 1. The Morgan fingerprint density at radius 2 is 1.94 bits per heavy atom. The van der Waals surface area contributed by atoms with Crippen molar-refractivity contribution in [3.05, 3.63) is 35.9 Å². The lowest BCUT2D eigenvalue weighted by Crippen LogP contribution is -2.26. The third kappa shape index (κ3) is 5.32. The summed E-state index contributed by atoms with van der Waals surface area (Å²) in [6, 6.07) is 10.6.